The van der Waals surface area contributed by atoms with Crippen LogP contribution in [0.2, 0.25) is 0 Å². The van der Waals surface area contributed by atoms with E-state index in [1.807, 2.05) is 0 Å². The lowest BCUT2D eigenvalue weighted by atomic mass is 10.1. The molecule has 0 aliphatic carbocycles. The molecule has 0 radical (unpaired) electrons. The average molecular weight is 406 g/mol. The van der Waals surface area contributed by atoms with Crippen LogP contribution in [0.3, 0.4) is 0 Å². The third kappa shape index (κ3) is 3.96. The van der Waals surface area contributed by atoms with Gasteiger partial charge in [-0.2, -0.15) is 5.10 Å². The van der Waals surface area contributed by atoms with Crippen molar-refractivity contribution in [2.75, 3.05) is 16.9 Å². The number of hydrogen-bond acceptors (Lipinski definition) is 9. The highest BCUT2D eigenvalue weighted by molar-refractivity contribution is 7.10. The van der Waals surface area contributed by atoms with Gasteiger partial charge in [0.2, 0.25) is 11.6 Å². The second kappa shape index (κ2) is 8.08. The molecule has 2 heterocycles. The first-order valence-corrected chi connectivity index (χ1v) is 8.90. The number of nitrogens with zero attached hydrogens (tertiary/aromatic N) is 4. The smallest absolute Gasteiger partial charge is 0.362 e. The van der Waals surface area contributed by atoms with Crippen LogP contribution in [0.4, 0.5) is 15.1 Å². The number of benzene rings is 1. The molecule has 1 aromatic carbocycles. The van der Waals surface area contributed by atoms with Crippen molar-refractivity contribution in [3.05, 3.63) is 35.8 Å². The van der Waals surface area contributed by atoms with Crippen molar-refractivity contribution in [1.29, 1.82) is 0 Å². The third-order valence-electron chi connectivity index (χ3n) is 3.78. The first kappa shape index (κ1) is 19.4. The monoisotopic (exact) mass is 406 g/mol. The van der Waals surface area contributed by atoms with Crippen molar-refractivity contribution in [3.8, 4) is 0 Å². The van der Waals surface area contributed by atoms with Crippen LogP contribution in [0.15, 0.2) is 29.4 Å². The summed E-state index contributed by atoms with van der Waals surface area (Å²) in [6.45, 7) is 1.78. The molecule has 1 atom stereocenters. The zero-order valence-corrected chi connectivity index (χ0v) is 15.4. The Morgan fingerprint density at radius 1 is 1.36 bits per heavy atom. The quantitative estimate of drug-likeness (QED) is 0.680. The van der Waals surface area contributed by atoms with Gasteiger partial charge in [0.05, 0.1) is 12.3 Å². The van der Waals surface area contributed by atoms with Gasteiger partial charge in [-0.25, -0.2) is 9.18 Å². The fourth-order valence-electron chi connectivity index (χ4n) is 2.48. The minimum absolute atomic E-state index is 0.0105. The van der Waals surface area contributed by atoms with Gasteiger partial charge in [-0.05, 0) is 31.2 Å². The van der Waals surface area contributed by atoms with Crippen LogP contribution in [0, 0.1) is 5.82 Å². The molecule has 28 heavy (non-hydrogen) atoms. The summed E-state index contributed by atoms with van der Waals surface area (Å²) in [6.07, 6.45) is -0.0560. The van der Waals surface area contributed by atoms with E-state index in [1.54, 1.807) is 6.92 Å². The molecule has 0 fully saturated rings. The van der Waals surface area contributed by atoms with Gasteiger partial charge in [0.25, 0.3) is 5.91 Å². The van der Waals surface area contributed by atoms with Crippen molar-refractivity contribution >= 4 is 45.7 Å². The van der Waals surface area contributed by atoms with E-state index in [2.05, 4.69) is 20.0 Å². The Labute approximate surface area is 162 Å². The Kier molecular flexibility index (Phi) is 5.59. The molecule has 1 unspecified atom stereocenters. The van der Waals surface area contributed by atoms with Gasteiger partial charge in [-0.3, -0.25) is 14.6 Å². The lowest BCUT2D eigenvalue weighted by Gasteiger charge is -2.20. The molecule has 12 heteroatoms. The number of esters is 1. The van der Waals surface area contributed by atoms with Crippen LogP contribution in [-0.2, 0) is 14.3 Å². The summed E-state index contributed by atoms with van der Waals surface area (Å²) >= 11 is 0.801. The number of rotatable bonds is 6. The minimum Gasteiger partial charge on any atom is -0.461 e. The Balaban J connectivity index is 1.81. The van der Waals surface area contributed by atoms with Crippen molar-refractivity contribution < 1.29 is 23.5 Å². The lowest BCUT2D eigenvalue weighted by molar-refractivity contribution is -0.119. The molecule has 10 nitrogen and oxygen atoms in total. The summed E-state index contributed by atoms with van der Waals surface area (Å²) in [4.78, 5) is 36.2. The van der Waals surface area contributed by atoms with Crippen molar-refractivity contribution in [3.63, 3.8) is 0 Å². The van der Waals surface area contributed by atoms with Crippen molar-refractivity contribution in [1.82, 2.24) is 9.59 Å². The Morgan fingerprint density at radius 2 is 2.07 bits per heavy atom. The molecular formula is C16H15FN6O4S. The molecule has 0 saturated carbocycles. The number of primary amides is 1. The molecule has 1 aliphatic rings. The first-order valence-electron chi connectivity index (χ1n) is 8.13. The number of nitrogens with one attached hydrogen (secondary N) is 1. The summed E-state index contributed by atoms with van der Waals surface area (Å²) in [5.41, 5.74) is 5.70. The Morgan fingerprint density at radius 3 is 2.71 bits per heavy atom. The number of anilines is 2. The number of ether oxygens (including phenoxy) is 1. The normalized spacial score (nSPS) is 15.9. The maximum Gasteiger partial charge on any atom is 0.362 e. The van der Waals surface area contributed by atoms with E-state index in [0.29, 0.717) is 5.69 Å². The second-order valence-corrected chi connectivity index (χ2v) is 6.37. The summed E-state index contributed by atoms with van der Waals surface area (Å²) in [7, 11) is 0. The zero-order valence-electron chi connectivity index (χ0n) is 14.6. The van der Waals surface area contributed by atoms with Crippen LogP contribution in [0.5, 0.6) is 0 Å². The number of halogens is 1. The van der Waals surface area contributed by atoms with Gasteiger partial charge in [-0.1, -0.05) is 4.49 Å². The molecule has 1 aromatic heterocycles. The fraction of sp³-hybridized carbons (Fsp3) is 0.250. The topological polar surface area (TPSA) is 140 Å². The zero-order chi connectivity index (χ0) is 20.3. The van der Waals surface area contributed by atoms with Crippen LogP contribution < -0.4 is 16.1 Å². The van der Waals surface area contributed by atoms with Gasteiger partial charge >= 0.3 is 5.97 Å². The summed E-state index contributed by atoms with van der Waals surface area (Å²) in [5.74, 6) is -2.51. The Hall–Kier alpha value is -3.41. The fourth-order valence-corrected chi connectivity index (χ4v) is 3.03. The van der Waals surface area contributed by atoms with Crippen LogP contribution >= 0.6 is 11.5 Å². The number of nitrogens with two attached hydrogens (primary N) is 1. The van der Waals surface area contributed by atoms with E-state index in [1.165, 1.54) is 29.3 Å². The Bertz CT molecular complexity index is 945. The van der Waals surface area contributed by atoms with Gasteiger partial charge in [0.15, 0.2) is 5.00 Å². The van der Waals surface area contributed by atoms with Crippen molar-refractivity contribution in [2.45, 2.75) is 19.4 Å². The minimum atomic E-state index is -0.907. The molecule has 0 saturated heterocycles. The molecular weight excluding hydrogens is 391 g/mol. The van der Waals surface area contributed by atoms with E-state index in [9.17, 15) is 18.8 Å². The van der Waals surface area contributed by atoms with E-state index in [4.69, 9.17) is 10.5 Å². The number of hydrogen-bond donors (Lipinski definition) is 2. The van der Waals surface area contributed by atoms with Crippen molar-refractivity contribution in [2.24, 2.45) is 10.8 Å². The number of hydrazone groups is 1. The predicted molar refractivity (Wildman–Crippen MR) is 98.4 cm³/mol. The maximum absolute atomic E-state index is 13.1. The number of carbonyl (C=O) groups is 3. The highest BCUT2D eigenvalue weighted by Crippen LogP contribution is 2.26. The van der Waals surface area contributed by atoms with Gasteiger partial charge in [0.1, 0.15) is 17.6 Å². The van der Waals surface area contributed by atoms with Crippen LogP contribution in [0.1, 0.15) is 23.8 Å². The number of amides is 2. The second-order valence-electron chi connectivity index (χ2n) is 5.62. The molecule has 0 bridgehead atoms. The summed E-state index contributed by atoms with van der Waals surface area (Å²) < 4.78 is 21.6. The lowest BCUT2D eigenvalue weighted by Crippen LogP contribution is -2.39. The molecule has 2 amide bonds. The largest absolute Gasteiger partial charge is 0.461 e. The number of carbonyl (C=O) groups excluding carboxylic acids is 3. The van der Waals surface area contributed by atoms with Crippen LogP contribution in [-0.4, -0.2) is 45.7 Å². The van der Waals surface area contributed by atoms with Gasteiger partial charge in [0, 0.05) is 18.0 Å². The third-order valence-corrected chi connectivity index (χ3v) is 4.42. The standard InChI is InChI=1S/C16H15FN6O4S/c1-2-27-16(26)12-15(28-22-20-12)19-14(25)10-7-11(13(18)24)23(21-10)9-5-3-8(17)4-6-9/h3-6,11H,2,7H2,1H3,(H2,18,24)(H,19,25). The van der Waals surface area contributed by atoms with E-state index in [0.717, 1.165) is 11.5 Å². The number of aromatic nitrogens is 2. The SMILES string of the molecule is CCOC(=O)c1nnsc1NC(=O)C1=NN(c2ccc(F)cc2)C(C(N)=O)C1. The predicted octanol–water partition coefficient (Wildman–Crippen LogP) is 0.913. The maximum atomic E-state index is 13.1. The summed E-state index contributed by atoms with van der Waals surface area (Å²) in [6, 6.07) is 4.34. The van der Waals surface area contributed by atoms with E-state index < -0.39 is 29.6 Å². The molecule has 2 aromatic rings. The highest BCUT2D eigenvalue weighted by atomic mass is 32.1. The first-order chi connectivity index (χ1) is 13.4. The highest BCUT2D eigenvalue weighted by Gasteiger charge is 2.35. The van der Waals surface area contributed by atoms with E-state index in [-0.39, 0.29) is 29.4 Å². The van der Waals surface area contributed by atoms with E-state index >= 15 is 0 Å². The molecule has 0 spiro atoms. The van der Waals surface area contributed by atoms with Crippen LogP contribution in [0.25, 0.3) is 0 Å². The summed E-state index contributed by atoms with van der Waals surface area (Å²) in [5, 5.41) is 11.6. The molecule has 3 N–H and O–H groups in total. The average Bonchev–Trinajstić information content (AvgIpc) is 3.29. The molecule has 3 rings (SSSR count). The molecule has 146 valence electrons. The van der Waals surface area contributed by atoms with Gasteiger partial charge < -0.3 is 15.8 Å². The molecule has 1 aliphatic heterocycles. The van der Waals surface area contributed by atoms with Gasteiger partial charge in [-0.15, -0.1) is 5.10 Å².